The van der Waals surface area contributed by atoms with Crippen LogP contribution in [0.3, 0.4) is 0 Å². The minimum Gasteiger partial charge on any atom is -0.507 e. The summed E-state index contributed by atoms with van der Waals surface area (Å²) in [6.45, 7) is 10.2. The minimum atomic E-state index is -0.788. The van der Waals surface area contributed by atoms with E-state index in [1.807, 2.05) is 36.4 Å². The fraction of sp³-hybridized carbons (Fsp3) is 0.389. The van der Waals surface area contributed by atoms with E-state index >= 15 is 0 Å². The lowest BCUT2D eigenvalue weighted by molar-refractivity contribution is -0.140. The van der Waals surface area contributed by atoms with Gasteiger partial charge in [-0.1, -0.05) is 63.6 Å². The highest BCUT2D eigenvalue weighted by molar-refractivity contribution is 6.46. The summed E-state index contributed by atoms with van der Waals surface area (Å²) in [7, 11) is 1.56. The van der Waals surface area contributed by atoms with Crippen LogP contribution in [0.15, 0.2) is 78.4 Å². The van der Waals surface area contributed by atoms with Gasteiger partial charge in [0.25, 0.3) is 11.7 Å². The summed E-state index contributed by atoms with van der Waals surface area (Å²) in [5.41, 5.74) is 2.16. The zero-order chi connectivity index (χ0) is 31.5. The standard InChI is InChI=1S/C36H44N2O6/c1-5-8-23-43-29-18-15-27(16-19-29)34(39)32-33(38(36(41)35(32)40)22-12-21-37(6-2)7-3)28-17-20-30(31(24-28)42-4)44-25-26-13-10-9-11-14-26/h9-11,13-20,24,33,39H,5-8,12,21-23,25H2,1-4H3. The second kappa shape index (κ2) is 16.0. The van der Waals surface area contributed by atoms with Gasteiger partial charge in [0.15, 0.2) is 11.5 Å². The first kappa shape index (κ1) is 32.6. The molecule has 0 bridgehead atoms. The fourth-order valence-electron chi connectivity index (χ4n) is 5.37. The maximum Gasteiger partial charge on any atom is 0.295 e. The predicted octanol–water partition coefficient (Wildman–Crippen LogP) is 6.61. The van der Waals surface area contributed by atoms with E-state index in [0.29, 0.717) is 54.6 Å². The van der Waals surface area contributed by atoms with Gasteiger partial charge in [0.2, 0.25) is 0 Å². The average molecular weight is 601 g/mol. The van der Waals surface area contributed by atoms with E-state index in [-0.39, 0.29) is 11.3 Å². The molecule has 1 fully saturated rings. The van der Waals surface area contributed by atoms with Crippen molar-refractivity contribution < 1.29 is 28.9 Å². The Hall–Kier alpha value is -4.30. The van der Waals surface area contributed by atoms with Crippen molar-refractivity contribution in [3.63, 3.8) is 0 Å². The molecule has 0 spiro atoms. The lowest BCUT2D eigenvalue weighted by Gasteiger charge is -2.27. The van der Waals surface area contributed by atoms with Crippen LogP contribution < -0.4 is 14.2 Å². The second-order valence-corrected chi connectivity index (χ2v) is 10.8. The molecule has 0 radical (unpaired) electrons. The maximum atomic E-state index is 13.5. The molecule has 3 aromatic rings. The average Bonchev–Trinajstić information content (AvgIpc) is 3.31. The molecule has 1 unspecified atom stereocenters. The Bertz CT molecular complexity index is 1420. The van der Waals surface area contributed by atoms with Crippen molar-refractivity contribution in [1.29, 1.82) is 0 Å². The molecule has 1 saturated heterocycles. The quantitative estimate of drug-likeness (QED) is 0.0857. The summed E-state index contributed by atoms with van der Waals surface area (Å²) in [5.74, 6) is 0.140. The number of benzene rings is 3. The Kier molecular flexibility index (Phi) is 11.8. The minimum absolute atomic E-state index is 0.0532. The van der Waals surface area contributed by atoms with Gasteiger partial charge in [-0.3, -0.25) is 9.59 Å². The number of unbranched alkanes of at least 4 members (excludes halogenated alkanes) is 1. The first-order valence-electron chi connectivity index (χ1n) is 15.5. The molecule has 8 nitrogen and oxygen atoms in total. The van der Waals surface area contributed by atoms with E-state index in [4.69, 9.17) is 14.2 Å². The predicted molar refractivity (Wildman–Crippen MR) is 172 cm³/mol. The van der Waals surface area contributed by atoms with Crippen LogP contribution in [0.4, 0.5) is 0 Å². The lowest BCUT2D eigenvalue weighted by atomic mass is 9.95. The molecular formula is C36H44N2O6. The molecule has 44 heavy (non-hydrogen) atoms. The van der Waals surface area contributed by atoms with Gasteiger partial charge < -0.3 is 29.1 Å². The Balaban J connectivity index is 1.69. The molecule has 0 aliphatic carbocycles. The molecule has 1 heterocycles. The van der Waals surface area contributed by atoms with Gasteiger partial charge in [-0.2, -0.15) is 0 Å². The van der Waals surface area contributed by atoms with Crippen molar-refractivity contribution in [2.45, 2.75) is 52.7 Å². The lowest BCUT2D eigenvalue weighted by Crippen LogP contribution is -2.33. The SMILES string of the molecule is CCCCOc1ccc(C(O)=C2C(=O)C(=O)N(CCCN(CC)CC)C2c2ccc(OCc3ccccc3)c(OC)c2)cc1. The van der Waals surface area contributed by atoms with E-state index < -0.39 is 17.7 Å². The number of aliphatic hydroxyl groups is 1. The number of hydrogen-bond acceptors (Lipinski definition) is 7. The van der Waals surface area contributed by atoms with Crippen LogP contribution in [-0.4, -0.2) is 66.5 Å². The number of amides is 1. The third kappa shape index (κ3) is 7.80. The van der Waals surface area contributed by atoms with E-state index in [1.54, 1.807) is 48.4 Å². The number of hydrogen-bond donors (Lipinski definition) is 1. The van der Waals surface area contributed by atoms with Gasteiger partial charge in [0, 0.05) is 12.1 Å². The Morgan fingerprint density at radius 3 is 2.27 bits per heavy atom. The number of rotatable bonds is 16. The topological polar surface area (TPSA) is 88.5 Å². The number of carbonyl (C=O) groups is 2. The third-order valence-corrected chi connectivity index (χ3v) is 7.94. The van der Waals surface area contributed by atoms with Crippen LogP contribution in [-0.2, 0) is 16.2 Å². The van der Waals surface area contributed by atoms with Crippen molar-refractivity contribution >= 4 is 17.4 Å². The highest BCUT2D eigenvalue weighted by Gasteiger charge is 2.46. The highest BCUT2D eigenvalue weighted by Crippen LogP contribution is 2.42. The summed E-state index contributed by atoms with van der Waals surface area (Å²) < 4.78 is 17.5. The van der Waals surface area contributed by atoms with Crippen molar-refractivity contribution in [2.24, 2.45) is 0 Å². The Morgan fingerprint density at radius 1 is 0.886 bits per heavy atom. The van der Waals surface area contributed by atoms with Gasteiger partial charge in [-0.05, 0) is 80.0 Å². The van der Waals surface area contributed by atoms with Crippen LogP contribution in [0.25, 0.3) is 5.76 Å². The van der Waals surface area contributed by atoms with Crippen molar-refractivity contribution in [3.8, 4) is 17.2 Å². The zero-order valence-corrected chi connectivity index (χ0v) is 26.3. The van der Waals surface area contributed by atoms with E-state index in [9.17, 15) is 14.7 Å². The van der Waals surface area contributed by atoms with Crippen molar-refractivity contribution in [1.82, 2.24) is 9.80 Å². The second-order valence-electron chi connectivity index (χ2n) is 10.8. The van der Waals surface area contributed by atoms with Crippen LogP contribution in [0.2, 0.25) is 0 Å². The van der Waals surface area contributed by atoms with Gasteiger partial charge in [-0.15, -0.1) is 0 Å². The van der Waals surface area contributed by atoms with Crippen LogP contribution in [0.5, 0.6) is 17.2 Å². The van der Waals surface area contributed by atoms with E-state index in [0.717, 1.165) is 38.0 Å². The molecule has 234 valence electrons. The van der Waals surface area contributed by atoms with E-state index in [1.165, 1.54) is 0 Å². The summed E-state index contributed by atoms with van der Waals surface area (Å²) in [4.78, 5) is 30.9. The van der Waals surface area contributed by atoms with E-state index in [2.05, 4.69) is 25.7 Å². The van der Waals surface area contributed by atoms with Crippen LogP contribution >= 0.6 is 0 Å². The number of ketones is 1. The molecule has 4 rings (SSSR count). The molecule has 1 atom stereocenters. The molecule has 8 heteroatoms. The first-order chi connectivity index (χ1) is 21.4. The summed E-state index contributed by atoms with van der Waals surface area (Å²) in [5, 5.41) is 11.5. The largest absolute Gasteiger partial charge is 0.507 e. The zero-order valence-electron chi connectivity index (χ0n) is 26.3. The molecule has 0 saturated carbocycles. The normalized spacial score (nSPS) is 16.0. The van der Waals surface area contributed by atoms with Gasteiger partial charge in [0.05, 0.1) is 25.3 Å². The number of likely N-dealkylation sites (tertiary alicyclic amines) is 1. The smallest absolute Gasteiger partial charge is 0.295 e. The molecular weight excluding hydrogens is 556 g/mol. The summed E-state index contributed by atoms with van der Waals surface area (Å²) in [6.07, 6.45) is 2.66. The number of ether oxygens (including phenoxy) is 3. The molecule has 1 N–H and O–H groups in total. The molecule has 1 aliphatic heterocycles. The third-order valence-electron chi connectivity index (χ3n) is 7.94. The molecule has 1 amide bonds. The number of methoxy groups -OCH3 is 1. The van der Waals surface area contributed by atoms with Gasteiger partial charge >= 0.3 is 0 Å². The van der Waals surface area contributed by atoms with Crippen molar-refractivity contribution in [2.75, 3.05) is 39.9 Å². The summed E-state index contributed by atoms with van der Waals surface area (Å²) in [6, 6.07) is 21.4. The molecule has 1 aliphatic rings. The van der Waals surface area contributed by atoms with Crippen LogP contribution in [0, 0.1) is 0 Å². The van der Waals surface area contributed by atoms with Gasteiger partial charge in [-0.25, -0.2) is 0 Å². The fourth-order valence-corrected chi connectivity index (χ4v) is 5.37. The highest BCUT2D eigenvalue weighted by atomic mass is 16.5. The number of aliphatic hydroxyl groups excluding tert-OH is 1. The van der Waals surface area contributed by atoms with Crippen LogP contribution in [0.1, 0.15) is 62.8 Å². The Labute approximate surface area is 260 Å². The monoisotopic (exact) mass is 600 g/mol. The maximum absolute atomic E-state index is 13.5. The number of carbonyl (C=O) groups excluding carboxylic acids is 2. The summed E-state index contributed by atoms with van der Waals surface area (Å²) >= 11 is 0. The first-order valence-corrected chi connectivity index (χ1v) is 15.5. The van der Waals surface area contributed by atoms with Gasteiger partial charge in [0.1, 0.15) is 18.1 Å². The number of nitrogens with zero attached hydrogens (tertiary/aromatic N) is 2. The Morgan fingerprint density at radius 2 is 1.61 bits per heavy atom. The molecule has 0 aromatic heterocycles. The number of Topliss-reactive ketones (excluding diaryl/α,β-unsaturated/α-hetero) is 1. The van der Waals surface area contributed by atoms with Crippen molar-refractivity contribution in [3.05, 3.63) is 95.1 Å². The molecule has 3 aromatic carbocycles.